The lowest BCUT2D eigenvalue weighted by Crippen LogP contribution is -2.45. The van der Waals surface area contributed by atoms with Crippen LogP contribution in [0.3, 0.4) is 0 Å². The fourth-order valence-corrected chi connectivity index (χ4v) is 7.60. The van der Waals surface area contributed by atoms with Crippen molar-refractivity contribution in [3.8, 4) is 5.75 Å². The second kappa shape index (κ2) is 14.0. The summed E-state index contributed by atoms with van der Waals surface area (Å²) in [6.45, 7) is 7.62. The van der Waals surface area contributed by atoms with Crippen molar-refractivity contribution < 1.29 is 27.4 Å². The summed E-state index contributed by atoms with van der Waals surface area (Å²) in [4.78, 5) is 15.5. The monoisotopic (exact) mass is 658 g/mol. The van der Waals surface area contributed by atoms with Crippen LogP contribution < -0.4 is 14.8 Å². The predicted octanol–water partition coefficient (Wildman–Crippen LogP) is 6.68. The molecular weight excluding hydrogens is 612 g/mol. The number of ether oxygens (including phenoxy) is 3. The number of allylic oxidation sites excluding steroid dienone is 1. The van der Waals surface area contributed by atoms with Gasteiger partial charge in [-0.1, -0.05) is 23.7 Å². The van der Waals surface area contributed by atoms with Crippen LogP contribution >= 0.6 is 11.6 Å². The van der Waals surface area contributed by atoms with Crippen LogP contribution in [0.1, 0.15) is 80.8 Å². The summed E-state index contributed by atoms with van der Waals surface area (Å²) in [5.41, 5.74) is 4.48. The third-order valence-corrected chi connectivity index (χ3v) is 10.3. The number of esters is 1. The number of hydrogen-bond acceptors (Lipinski definition) is 7. The Morgan fingerprint density at radius 3 is 2.58 bits per heavy atom. The van der Waals surface area contributed by atoms with Crippen molar-refractivity contribution in [2.24, 2.45) is 22.9 Å². The molecule has 5 rings (SSSR count). The second-order valence-electron chi connectivity index (χ2n) is 13.8. The molecular formula is C35H47ClN2O6S. The molecule has 246 valence electrons. The van der Waals surface area contributed by atoms with Gasteiger partial charge in [-0.3, -0.25) is 0 Å². The van der Waals surface area contributed by atoms with Crippen LogP contribution in [0.5, 0.6) is 5.75 Å². The molecule has 1 unspecified atom stereocenters. The molecule has 45 heavy (non-hydrogen) atoms. The first kappa shape index (κ1) is 33.8. The molecule has 1 heterocycles. The zero-order valence-electron chi connectivity index (χ0n) is 26.9. The summed E-state index contributed by atoms with van der Waals surface area (Å²) in [7, 11) is -1.70. The average molecular weight is 659 g/mol. The predicted molar refractivity (Wildman–Crippen MR) is 178 cm³/mol. The number of rotatable bonds is 9. The van der Waals surface area contributed by atoms with Gasteiger partial charge in [0.2, 0.25) is 10.0 Å². The highest BCUT2D eigenvalue weighted by Gasteiger charge is 2.42. The van der Waals surface area contributed by atoms with E-state index in [2.05, 4.69) is 23.1 Å². The summed E-state index contributed by atoms with van der Waals surface area (Å²) >= 11 is 6.44. The number of aryl methyl sites for hydroxylation is 1. The maximum absolute atomic E-state index is 13.2. The Bertz CT molecular complexity index is 1520. The zero-order valence-corrected chi connectivity index (χ0v) is 28.5. The van der Waals surface area contributed by atoms with E-state index in [1.807, 2.05) is 39.0 Å². The van der Waals surface area contributed by atoms with Gasteiger partial charge in [-0.25, -0.2) is 18.4 Å². The number of halogens is 1. The van der Waals surface area contributed by atoms with E-state index in [4.69, 9.17) is 31.0 Å². The SMILES string of the molecule is CO[C@@H](C1=CC(CCS(N)(=O)=O)C1)[C@@H]1CC[C@H]1CN1Cc2ccc(Cl)cc2CCCCOc2ccc(C(=O)OC(C)(C)C)cc21. The van der Waals surface area contributed by atoms with Gasteiger partial charge in [0.15, 0.2) is 0 Å². The lowest BCUT2D eigenvalue weighted by atomic mass is 9.65. The molecule has 2 aromatic carbocycles. The fourth-order valence-electron chi connectivity index (χ4n) is 6.77. The van der Waals surface area contributed by atoms with Crippen molar-refractivity contribution in [3.05, 3.63) is 69.8 Å². The minimum atomic E-state index is -3.46. The van der Waals surface area contributed by atoms with Gasteiger partial charge in [-0.2, -0.15) is 0 Å². The van der Waals surface area contributed by atoms with Crippen molar-refractivity contribution in [1.82, 2.24) is 0 Å². The first-order valence-electron chi connectivity index (χ1n) is 16.1. The standard InChI is InChI=1S/C35H47ClN2O6S/c1-35(2,3)44-34(39)25-10-13-32-31(20-25)38(21-26-8-11-29(36)19-24(26)7-5-6-15-43-32)22-27-9-12-30(27)33(42-4)28-17-23(18-28)14-16-45(37,40)41/h8,10-11,13,17,19-20,23,27,30,33H,5-7,9,12,14-16,18,21-22H2,1-4H3,(H2,37,40,41)/t23?,27-,30+,33-/m0/s1. The molecule has 2 aromatic rings. The molecule has 0 saturated heterocycles. The van der Waals surface area contributed by atoms with E-state index >= 15 is 0 Å². The molecule has 0 radical (unpaired) electrons. The molecule has 0 amide bonds. The van der Waals surface area contributed by atoms with Crippen LogP contribution in [0.2, 0.25) is 5.02 Å². The van der Waals surface area contributed by atoms with E-state index < -0.39 is 15.6 Å². The van der Waals surface area contributed by atoms with Crippen LogP contribution in [0.4, 0.5) is 5.69 Å². The number of carbonyl (C=O) groups excluding carboxylic acids is 1. The topological polar surface area (TPSA) is 108 Å². The molecule has 1 aliphatic heterocycles. The normalized spacial score (nSPS) is 22.8. The maximum Gasteiger partial charge on any atom is 0.338 e. The number of nitrogens with two attached hydrogens (primary N) is 1. The molecule has 0 spiro atoms. The van der Waals surface area contributed by atoms with Gasteiger partial charge in [0.1, 0.15) is 11.4 Å². The molecule has 4 atom stereocenters. The maximum atomic E-state index is 13.2. The Kier molecular flexibility index (Phi) is 10.5. The number of benzene rings is 2. The largest absolute Gasteiger partial charge is 0.491 e. The quantitative estimate of drug-likeness (QED) is 0.236. The van der Waals surface area contributed by atoms with Crippen LogP contribution in [0.25, 0.3) is 0 Å². The van der Waals surface area contributed by atoms with Crippen LogP contribution in [0, 0.1) is 17.8 Å². The highest BCUT2D eigenvalue weighted by molar-refractivity contribution is 7.89. The van der Waals surface area contributed by atoms with Crippen LogP contribution in [-0.4, -0.2) is 52.1 Å². The number of anilines is 1. The van der Waals surface area contributed by atoms with E-state index in [0.717, 1.165) is 61.5 Å². The third kappa shape index (κ3) is 8.82. The Morgan fingerprint density at radius 1 is 1.13 bits per heavy atom. The minimum absolute atomic E-state index is 0.000438. The average Bonchev–Trinajstić information content (AvgIpc) is 2.95. The summed E-state index contributed by atoms with van der Waals surface area (Å²) in [6, 6.07) is 11.8. The van der Waals surface area contributed by atoms with Crippen molar-refractivity contribution in [1.29, 1.82) is 0 Å². The van der Waals surface area contributed by atoms with Gasteiger partial charge in [0.25, 0.3) is 0 Å². The highest BCUT2D eigenvalue weighted by Crippen LogP contribution is 2.46. The summed E-state index contributed by atoms with van der Waals surface area (Å²) in [5.74, 6) is 1.32. The van der Waals surface area contributed by atoms with E-state index in [1.165, 1.54) is 16.7 Å². The van der Waals surface area contributed by atoms with Gasteiger partial charge < -0.3 is 19.1 Å². The van der Waals surface area contributed by atoms with Crippen molar-refractivity contribution in [3.63, 3.8) is 0 Å². The molecule has 2 aliphatic carbocycles. The van der Waals surface area contributed by atoms with E-state index in [0.29, 0.717) is 37.0 Å². The number of fused-ring (bicyclic) bond motifs is 2. The molecule has 1 fully saturated rings. The molecule has 1 saturated carbocycles. The van der Waals surface area contributed by atoms with Crippen molar-refractivity contribution >= 4 is 33.3 Å². The first-order valence-corrected chi connectivity index (χ1v) is 18.2. The number of sulfonamides is 1. The summed E-state index contributed by atoms with van der Waals surface area (Å²) in [6.07, 6.45) is 8.50. The van der Waals surface area contributed by atoms with E-state index in [9.17, 15) is 13.2 Å². The Hall–Kier alpha value is -2.59. The molecule has 0 bridgehead atoms. The molecule has 10 heteroatoms. The van der Waals surface area contributed by atoms with Crippen LogP contribution in [-0.2, 0) is 32.5 Å². The highest BCUT2D eigenvalue weighted by atomic mass is 35.5. The second-order valence-corrected chi connectivity index (χ2v) is 16.0. The fraction of sp³-hybridized carbons (Fsp3) is 0.571. The Labute approximate surface area is 273 Å². The number of carbonyl (C=O) groups is 1. The van der Waals surface area contributed by atoms with Crippen molar-refractivity contribution in [2.75, 3.05) is 30.9 Å². The van der Waals surface area contributed by atoms with Gasteiger partial charge in [-0.05, 0) is 131 Å². The van der Waals surface area contributed by atoms with E-state index in [1.54, 1.807) is 13.2 Å². The smallest absolute Gasteiger partial charge is 0.338 e. The first-order chi connectivity index (χ1) is 21.3. The third-order valence-electron chi connectivity index (χ3n) is 9.22. The van der Waals surface area contributed by atoms with Crippen LogP contribution in [0.15, 0.2) is 48.0 Å². The Balaban J connectivity index is 1.44. The molecule has 3 aliphatic rings. The Morgan fingerprint density at radius 2 is 1.91 bits per heavy atom. The van der Waals surface area contributed by atoms with Crippen molar-refractivity contribution in [2.45, 2.75) is 84.0 Å². The minimum Gasteiger partial charge on any atom is -0.491 e. The number of hydrogen-bond donors (Lipinski definition) is 1. The number of primary sulfonamides is 1. The van der Waals surface area contributed by atoms with Gasteiger partial charge in [-0.15, -0.1) is 0 Å². The number of methoxy groups -OCH3 is 1. The van der Waals surface area contributed by atoms with E-state index in [-0.39, 0.29) is 23.7 Å². The number of nitrogens with zero attached hydrogens (tertiary/aromatic N) is 1. The molecule has 2 N–H and O–H groups in total. The van der Waals surface area contributed by atoms with Gasteiger partial charge in [0, 0.05) is 25.2 Å². The zero-order chi connectivity index (χ0) is 32.4. The molecule has 8 nitrogen and oxygen atoms in total. The summed E-state index contributed by atoms with van der Waals surface area (Å²) in [5, 5.41) is 5.96. The van der Waals surface area contributed by atoms with Gasteiger partial charge in [0.05, 0.1) is 29.7 Å². The molecule has 0 aromatic heterocycles. The lowest BCUT2D eigenvalue weighted by Gasteiger charge is -2.46. The summed E-state index contributed by atoms with van der Waals surface area (Å²) < 4.78 is 41.0. The lowest BCUT2D eigenvalue weighted by molar-refractivity contribution is 0.000676. The van der Waals surface area contributed by atoms with Gasteiger partial charge >= 0.3 is 5.97 Å².